The third-order valence-corrected chi connectivity index (χ3v) is 2.92. The second kappa shape index (κ2) is 6.49. The second-order valence-corrected chi connectivity index (χ2v) is 5.39. The van der Waals surface area contributed by atoms with Gasteiger partial charge < -0.3 is 10.1 Å². The highest BCUT2D eigenvalue weighted by Gasteiger charge is 2.18. The first-order valence-corrected chi connectivity index (χ1v) is 6.67. The van der Waals surface area contributed by atoms with E-state index in [0.717, 1.165) is 5.01 Å². The van der Waals surface area contributed by atoms with Gasteiger partial charge in [0.2, 0.25) is 0 Å². The molecule has 0 saturated carbocycles. The normalized spacial score (nSPS) is 12.3. The van der Waals surface area contributed by atoms with E-state index in [1.165, 1.54) is 11.3 Å². The first-order valence-electron chi connectivity index (χ1n) is 5.79. The van der Waals surface area contributed by atoms with E-state index in [2.05, 4.69) is 10.3 Å². The Morgan fingerprint density at radius 2 is 2.11 bits per heavy atom. The van der Waals surface area contributed by atoms with Crippen LogP contribution < -0.4 is 5.32 Å². The molecule has 100 valence electrons. The van der Waals surface area contributed by atoms with E-state index in [0.29, 0.717) is 5.69 Å². The zero-order valence-corrected chi connectivity index (χ0v) is 11.8. The van der Waals surface area contributed by atoms with E-state index in [1.54, 1.807) is 6.92 Å². The summed E-state index contributed by atoms with van der Waals surface area (Å²) >= 11 is 1.48. The molecule has 1 heterocycles. The average molecular weight is 270 g/mol. The van der Waals surface area contributed by atoms with E-state index in [9.17, 15) is 9.59 Å². The van der Waals surface area contributed by atoms with Gasteiger partial charge in [-0.1, -0.05) is 0 Å². The predicted octanol–water partition coefficient (Wildman–Crippen LogP) is 1.45. The van der Waals surface area contributed by atoms with Gasteiger partial charge in [-0.3, -0.25) is 9.59 Å². The van der Waals surface area contributed by atoms with Crippen molar-refractivity contribution in [1.82, 2.24) is 10.3 Å². The Hall–Kier alpha value is -1.43. The molecule has 18 heavy (non-hydrogen) atoms. The lowest BCUT2D eigenvalue weighted by molar-refractivity contribution is -0.154. The maximum Gasteiger partial charge on any atom is 0.312 e. The molecule has 0 aliphatic rings. The summed E-state index contributed by atoms with van der Waals surface area (Å²) in [5, 5.41) is 5.41. The van der Waals surface area contributed by atoms with Crippen LogP contribution in [0.5, 0.6) is 0 Å². The monoisotopic (exact) mass is 270 g/mol. The number of esters is 1. The summed E-state index contributed by atoms with van der Waals surface area (Å²) in [6, 6.07) is 0.0276. The van der Waals surface area contributed by atoms with Crippen molar-refractivity contribution in [1.29, 1.82) is 0 Å². The molecule has 1 N–H and O–H groups in total. The quantitative estimate of drug-likeness (QED) is 0.822. The zero-order chi connectivity index (χ0) is 13.7. The van der Waals surface area contributed by atoms with Crippen molar-refractivity contribution in [3.05, 3.63) is 16.1 Å². The number of aromatic nitrogens is 1. The minimum atomic E-state index is -0.778. The van der Waals surface area contributed by atoms with Gasteiger partial charge >= 0.3 is 5.97 Å². The summed E-state index contributed by atoms with van der Waals surface area (Å²) in [6.45, 7) is 7.13. The van der Waals surface area contributed by atoms with Gasteiger partial charge in [0, 0.05) is 11.4 Å². The molecule has 1 amide bonds. The van der Waals surface area contributed by atoms with Gasteiger partial charge in [0.1, 0.15) is 0 Å². The maximum atomic E-state index is 11.6. The van der Waals surface area contributed by atoms with E-state index in [1.807, 2.05) is 26.2 Å². The fourth-order valence-electron chi connectivity index (χ4n) is 1.33. The largest absolute Gasteiger partial charge is 0.452 e. The molecule has 0 aliphatic carbocycles. The molecule has 1 atom stereocenters. The summed E-state index contributed by atoms with van der Waals surface area (Å²) in [4.78, 5) is 27.3. The number of rotatable bonds is 5. The fourth-order valence-corrected chi connectivity index (χ4v) is 1.94. The van der Waals surface area contributed by atoms with Crippen molar-refractivity contribution in [3.8, 4) is 0 Å². The molecule has 0 radical (unpaired) electrons. The maximum absolute atomic E-state index is 11.6. The number of aryl methyl sites for hydroxylation is 1. The van der Waals surface area contributed by atoms with E-state index < -0.39 is 12.1 Å². The highest BCUT2D eigenvalue weighted by atomic mass is 32.1. The molecule has 1 aromatic rings. The fraction of sp³-hybridized carbons (Fsp3) is 0.583. The Bertz CT molecular complexity index is 429. The first kappa shape index (κ1) is 14.6. The van der Waals surface area contributed by atoms with Crippen molar-refractivity contribution in [2.24, 2.45) is 0 Å². The van der Waals surface area contributed by atoms with Gasteiger partial charge in [0.05, 0.1) is 17.1 Å². The Kier molecular flexibility index (Phi) is 5.27. The Labute approximate surface area is 111 Å². The van der Waals surface area contributed by atoms with Crippen LogP contribution in [0.1, 0.15) is 31.5 Å². The Morgan fingerprint density at radius 1 is 1.44 bits per heavy atom. The van der Waals surface area contributed by atoms with E-state index >= 15 is 0 Å². The van der Waals surface area contributed by atoms with Crippen LogP contribution in [0.15, 0.2) is 5.38 Å². The summed E-state index contributed by atoms with van der Waals surface area (Å²) < 4.78 is 5.04. The van der Waals surface area contributed by atoms with Gasteiger partial charge in [-0.05, 0) is 27.7 Å². The number of nitrogens with one attached hydrogen (secondary N) is 1. The molecular weight excluding hydrogens is 252 g/mol. The number of hydrogen-bond donors (Lipinski definition) is 1. The number of ether oxygens (including phenoxy) is 1. The molecule has 0 aromatic carbocycles. The van der Waals surface area contributed by atoms with Crippen molar-refractivity contribution in [2.75, 3.05) is 0 Å². The van der Waals surface area contributed by atoms with Crippen molar-refractivity contribution >= 4 is 23.2 Å². The molecule has 0 aliphatic heterocycles. The smallest absolute Gasteiger partial charge is 0.312 e. The van der Waals surface area contributed by atoms with Gasteiger partial charge in [0.15, 0.2) is 6.10 Å². The SMILES string of the molecule is Cc1nc(CC(=O)OC(C)C(=O)NC(C)C)cs1. The zero-order valence-electron chi connectivity index (χ0n) is 11.0. The van der Waals surface area contributed by atoms with Crippen LogP contribution in [0, 0.1) is 6.92 Å². The first-order chi connectivity index (χ1) is 8.38. The van der Waals surface area contributed by atoms with Gasteiger partial charge in [-0.15, -0.1) is 11.3 Å². The van der Waals surface area contributed by atoms with Crippen LogP contribution in [-0.4, -0.2) is 29.0 Å². The highest BCUT2D eigenvalue weighted by molar-refractivity contribution is 7.09. The molecule has 0 saturated heterocycles. The molecule has 5 nitrogen and oxygen atoms in total. The summed E-state index contributed by atoms with van der Waals surface area (Å²) in [6.07, 6.45) is -0.677. The predicted molar refractivity (Wildman–Crippen MR) is 69.4 cm³/mol. The Morgan fingerprint density at radius 3 is 2.61 bits per heavy atom. The average Bonchev–Trinajstić information content (AvgIpc) is 2.62. The molecule has 1 unspecified atom stereocenters. The van der Waals surface area contributed by atoms with Crippen LogP contribution in [0.3, 0.4) is 0 Å². The van der Waals surface area contributed by atoms with Gasteiger partial charge in [0.25, 0.3) is 5.91 Å². The van der Waals surface area contributed by atoms with Crippen LogP contribution >= 0.6 is 11.3 Å². The van der Waals surface area contributed by atoms with Gasteiger partial charge in [-0.25, -0.2) is 4.98 Å². The lowest BCUT2D eigenvalue weighted by Gasteiger charge is -2.14. The number of hydrogen-bond acceptors (Lipinski definition) is 5. The number of carbonyl (C=O) groups is 2. The minimum Gasteiger partial charge on any atom is -0.452 e. The van der Waals surface area contributed by atoms with Crippen LogP contribution in [0.25, 0.3) is 0 Å². The third kappa shape index (κ3) is 4.83. The van der Waals surface area contributed by atoms with Crippen LogP contribution in [-0.2, 0) is 20.7 Å². The van der Waals surface area contributed by atoms with E-state index in [4.69, 9.17) is 4.74 Å². The number of thiazole rings is 1. The Balaban J connectivity index is 2.42. The van der Waals surface area contributed by atoms with Crippen molar-refractivity contribution in [2.45, 2.75) is 46.3 Å². The third-order valence-electron chi connectivity index (χ3n) is 2.10. The number of carbonyl (C=O) groups excluding carboxylic acids is 2. The standard InChI is InChI=1S/C12H18N2O3S/c1-7(2)13-12(16)8(3)17-11(15)5-10-6-18-9(4)14-10/h6-8H,5H2,1-4H3,(H,13,16). The summed E-state index contributed by atoms with van der Waals surface area (Å²) in [7, 11) is 0. The molecule has 0 fully saturated rings. The van der Waals surface area contributed by atoms with Crippen molar-refractivity contribution in [3.63, 3.8) is 0 Å². The van der Waals surface area contributed by atoms with Gasteiger partial charge in [-0.2, -0.15) is 0 Å². The summed E-state index contributed by atoms with van der Waals surface area (Å²) in [5.41, 5.74) is 0.680. The molecule has 0 spiro atoms. The van der Waals surface area contributed by atoms with Crippen molar-refractivity contribution < 1.29 is 14.3 Å². The number of nitrogens with zero attached hydrogens (tertiary/aromatic N) is 1. The van der Waals surface area contributed by atoms with Crippen LogP contribution in [0.4, 0.5) is 0 Å². The molecule has 1 aromatic heterocycles. The van der Waals surface area contributed by atoms with E-state index in [-0.39, 0.29) is 18.4 Å². The highest BCUT2D eigenvalue weighted by Crippen LogP contribution is 2.09. The molecule has 6 heteroatoms. The topological polar surface area (TPSA) is 68.3 Å². The molecule has 0 bridgehead atoms. The second-order valence-electron chi connectivity index (χ2n) is 4.33. The minimum absolute atomic E-state index is 0.0276. The lowest BCUT2D eigenvalue weighted by Crippen LogP contribution is -2.39. The molecule has 1 rings (SSSR count). The molecular formula is C12H18N2O3S. The van der Waals surface area contributed by atoms with Crippen LogP contribution in [0.2, 0.25) is 0 Å². The number of amides is 1. The summed E-state index contributed by atoms with van der Waals surface area (Å²) in [5.74, 6) is -0.723. The lowest BCUT2D eigenvalue weighted by atomic mass is 10.3.